The third kappa shape index (κ3) is 5.57. The smallest absolute Gasteiger partial charge is 0.387 e. The van der Waals surface area contributed by atoms with Crippen molar-refractivity contribution >= 4 is 29.1 Å². The average Bonchev–Trinajstić information content (AvgIpc) is 3.22. The number of nitrogen functional groups attached to an aromatic ring is 1. The first-order chi connectivity index (χ1) is 17.5. The van der Waals surface area contributed by atoms with E-state index >= 15 is 4.39 Å². The molecule has 2 aromatic carbocycles. The maximum atomic E-state index is 15.3. The molecule has 4 rings (SSSR count). The van der Waals surface area contributed by atoms with Gasteiger partial charge in [-0.1, -0.05) is 23.7 Å². The van der Waals surface area contributed by atoms with Gasteiger partial charge in [-0.25, -0.2) is 17.7 Å². The number of nitrogens with one attached hydrogen (secondary N) is 1. The fourth-order valence-corrected chi connectivity index (χ4v) is 3.74. The van der Waals surface area contributed by atoms with Gasteiger partial charge in [-0.05, 0) is 47.5 Å². The van der Waals surface area contributed by atoms with E-state index in [2.05, 4.69) is 14.8 Å². The minimum Gasteiger partial charge on any atom is -0.435 e. The highest BCUT2D eigenvalue weighted by molar-refractivity contribution is 6.34. The number of anilines is 1. The van der Waals surface area contributed by atoms with Crippen LogP contribution < -0.4 is 15.8 Å². The molecule has 0 saturated carbocycles. The maximum absolute atomic E-state index is 15.3. The number of hydrogen-bond acceptors (Lipinski definition) is 6. The lowest BCUT2D eigenvalue weighted by Gasteiger charge is -2.23. The summed E-state index contributed by atoms with van der Waals surface area (Å²) in [5.41, 5.74) is 5.08. The Balaban J connectivity index is 1.52. The minimum atomic E-state index is -3.92. The number of nitrogens with two attached hydrogens (primary N) is 1. The number of carbonyl (C=O) groups is 1. The Hall–Kier alpha value is -3.97. The zero-order valence-electron chi connectivity index (χ0n) is 18.5. The van der Waals surface area contributed by atoms with Crippen LogP contribution >= 0.6 is 11.6 Å². The van der Waals surface area contributed by atoms with E-state index in [0.29, 0.717) is 11.2 Å². The van der Waals surface area contributed by atoms with Crippen LogP contribution in [0.25, 0.3) is 16.8 Å². The molecule has 4 N–H and O–H groups in total. The molecule has 0 bridgehead atoms. The van der Waals surface area contributed by atoms with Crippen LogP contribution in [0.15, 0.2) is 54.7 Å². The standard InChI is InChI=1S/C23H17ClF5N5O3/c24-15-6-5-14(12-7-8-34-16(9-12)32-22(30)33-34)18(25)17(15)20(36)31-10-23(28,29)19(35)11-1-3-13(4-2-11)37-21(26)27/h1-9,19,21,35H,10H2,(H2,30,33)(H,31,36)/t19-/m0/s1. The number of aromatic nitrogens is 3. The summed E-state index contributed by atoms with van der Waals surface area (Å²) in [6, 6.07) is 9.37. The number of halogens is 6. The molecule has 14 heteroatoms. The Kier molecular flexibility index (Phi) is 7.18. The van der Waals surface area contributed by atoms with Gasteiger partial charge in [0.25, 0.3) is 11.8 Å². The van der Waals surface area contributed by atoms with Crippen LogP contribution in [0.1, 0.15) is 22.0 Å². The largest absolute Gasteiger partial charge is 0.435 e. The molecule has 2 aromatic heterocycles. The summed E-state index contributed by atoms with van der Waals surface area (Å²) in [4.78, 5) is 16.6. The number of hydrogen-bond donors (Lipinski definition) is 3. The lowest BCUT2D eigenvalue weighted by Crippen LogP contribution is -2.41. The van der Waals surface area contributed by atoms with E-state index in [9.17, 15) is 27.5 Å². The van der Waals surface area contributed by atoms with Crippen molar-refractivity contribution in [1.29, 1.82) is 0 Å². The molecule has 4 aromatic rings. The molecule has 0 radical (unpaired) electrons. The summed E-state index contributed by atoms with van der Waals surface area (Å²) in [6.07, 6.45) is -0.946. The normalized spacial score (nSPS) is 12.6. The Morgan fingerprint density at radius 2 is 1.89 bits per heavy atom. The summed E-state index contributed by atoms with van der Waals surface area (Å²) in [5, 5.41) is 15.5. The molecular formula is C23H17ClF5N5O3. The highest BCUT2D eigenvalue weighted by Crippen LogP contribution is 2.33. The molecule has 0 unspecified atom stereocenters. The summed E-state index contributed by atoms with van der Waals surface area (Å²) in [7, 11) is 0. The summed E-state index contributed by atoms with van der Waals surface area (Å²) < 4.78 is 74.5. The molecule has 0 saturated heterocycles. The molecule has 194 valence electrons. The number of rotatable bonds is 8. The molecule has 8 nitrogen and oxygen atoms in total. The van der Waals surface area contributed by atoms with E-state index < -0.39 is 42.5 Å². The van der Waals surface area contributed by atoms with Gasteiger partial charge in [0.1, 0.15) is 17.7 Å². The van der Waals surface area contributed by atoms with Crippen molar-refractivity contribution in [2.24, 2.45) is 0 Å². The number of nitrogens with zero attached hydrogens (tertiary/aromatic N) is 3. The van der Waals surface area contributed by atoms with Crippen LogP contribution in [0.2, 0.25) is 5.02 Å². The highest BCUT2D eigenvalue weighted by Gasteiger charge is 2.40. The molecule has 37 heavy (non-hydrogen) atoms. The van der Waals surface area contributed by atoms with Crippen molar-refractivity contribution in [3.05, 3.63) is 76.7 Å². The first-order valence-electron chi connectivity index (χ1n) is 10.5. The average molecular weight is 542 g/mol. The Bertz CT molecular complexity index is 1450. The monoisotopic (exact) mass is 541 g/mol. The van der Waals surface area contributed by atoms with Crippen molar-refractivity contribution in [3.8, 4) is 16.9 Å². The summed E-state index contributed by atoms with van der Waals surface area (Å²) in [6.45, 7) is -4.49. The molecule has 0 aliphatic rings. The molecule has 1 amide bonds. The van der Waals surface area contributed by atoms with Gasteiger partial charge in [-0.15, -0.1) is 5.10 Å². The summed E-state index contributed by atoms with van der Waals surface area (Å²) in [5.74, 6) is -6.53. The van der Waals surface area contributed by atoms with Crippen molar-refractivity contribution in [2.45, 2.75) is 18.6 Å². The lowest BCUT2D eigenvalue weighted by molar-refractivity contribution is -0.106. The number of pyridine rings is 1. The van der Waals surface area contributed by atoms with E-state index in [-0.39, 0.29) is 27.8 Å². The van der Waals surface area contributed by atoms with Crippen LogP contribution in [0, 0.1) is 5.82 Å². The van der Waals surface area contributed by atoms with E-state index in [1.165, 1.54) is 35.0 Å². The van der Waals surface area contributed by atoms with Crippen LogP contribution in [0.3, 0.4) is 0 Å². The predicted octanol–water partition coefficient (Wildman–Crippen LogP) is 4.47. The van der Waals surface area contributed by atoms with Crippen LogP contribution in [-0.4, -0.2) is 44.7 Å². The second-order valence-electron chi connectivity index (χ2n) is 7.77. The molecule has 2 heterocycles. The number of amides is 1. The number of ether oxygens (including phenoxy) is 1. The molecule has 0 spiro atoms. The molecule has 0 fully saturated rings. The van der Waals surface area contributed by atoms with Gasteiger partial charge in [0.05, 0.1) is 17.1 Å². The SMILES string of the molecule is Nc1nc2cc(-c3ccc(Cl)c(C(=O)NCC(F)(F)[C@@H](O)c4ccc(OC(F)F)cc4)c3F)ccn2n1. The molecule has 1 atom stereocenters. The van der Waals surface area contributed by atoms with Gasteiger partial charge in [0.15, 0.2) is 5.65 Å². The zero-order chi connectivity index (χ0) is 26.9. The number of benzene rings is 2. The van der Waals surface area contributed by atoms with Crippen molar-refractivity contribution < 1.29 is 36.6 Å². The molecule has 0 aliphatic carbocycles. The third-order valence-corrected chi connectivity index (χ3v) is 5.60. The van der Waals surface area contributed by atoms with Crippen molar-refractivity contribution in [2.75, 3.05) is 12.3 Å². The maximum Gasteiger partial charge on any atom is 0.387 e. The zero-order valence-corrected chi connectivity index (χ0v) is 19.3. The fourth-order valence-electron chi connectivity index (χ4n) is 3.51. The first-order valence-corrected chi connectivity index (χ1v) is 10.8. The van der Waals surface area contributed by atoms with Crippen molar-refractivity contribution in [3.63, 3.8) is 0 Å². The quantitative estimate of drug-likeness (QED) is 0.284. The van der Waals surface area contributed by atoms with Gasteiger partial charge < -0.3 is 20.9 Å². The minimum absolute atomic E-state index is 0.00524. The topological polar surface area (TPSA) is 115 Å². The molecular weight excluding hydrogens is 525 g/mol. The number of carbonyl (C=O) groups excluding carboxylic acids is 1. The van der Waals surface area contributed by atoms with Gasteiger partial charge >= 0.3 is 6.61 Å². The van der Waals surface area contributed by atoms with Crippen LogP contribution in [0.5, 0.6) is 5.75 Å². The van der Waals surface area contributed by atoms with Gasteiger partial charge in [-0.3, -0.25) is 4.79 Å². The number of aliphatic hydroxyl groups excluding tert-OH is 1. The van der Waals surface area contributed by atoms with E-state index in [1.807, 2.05) is 5.32 Å². The molecule has 0 aliphatic heterocycles. The second kappa shape index (κ2) is 10.2. The van der Waals surface area contributed by atoms with E-state index in [1.54, 1.807) is 0 Å². The van der Waals surface area contributed by atoms with Crippen LogP contribution in [0.4, 0.5) is 27.9 Å². The fraction of sp³-hybridized carbons (Fsp3) is 0.174. The Morgan fingerprint density at radius 3 is 2.57 bits per heavy atom. The van der Waals surface area contributed by atoms with E-state index in [4.69, 9.17) is 17.3 Å². The third-order valence-electron chi connectivity index (χ3n) is 5.29. The number of alkyl halides is 4. The summed E-state index contributed by atoms with van der Waals surface area (Å²) >= 11 is 6.00. The second-order valence-corrected chi connectivity index (χ2v) is 8.17. The van der Waals surface area contributed by atoms with Gasteiger partial charge in [0, 0.05) is 11.8 Å². The van der Waals surface area contributed by atoms with Crippen LogP contribution in [-0.2, 0) is 0 Å². The van der Waals surface area contributed by atoms with Gasteiger partial charge in [-0.2, -0.15) is 13.8 Å². The first kappa shape index (κ1) is 26.1. The highest BCUT2D eigenvalue weighted by atomic mass is 35.5. The van der Waals surface area contributed by atoms with E-state index in [0.717, 1.165) is 24.3 Å². The van der Waals surface area contributed by atoms with Crippen molar-refractivity contribution in [1.82, 2.24) is 19.9 Å². The number of aliphatic hydroxyl groups is 1. The van der Waals surface area contributed by atoms with Gasteiger partial charge in [0.2, 0.25) is 5.95 Å². The lowest BCUT2D eigenvalue weighted by atomic mass is 10.0. The number of fused-ring (bicyclic) bond motifs is 1. The Morgan fingerprint density at radius 1 is 1.19 bits per heavy atom. The Labute approximate surface area is 210 Å². The predicted molar refractivity (Wildman–Crippen MR) is 123 cm³/mol.